The van der Waals surface area contributed by atoms with Gasteiger partial charge in [0, 0.05) is 13.0 Å². The molecule has 3 unspecified atom stereocenters. The zero-order valence-corrected chi connectivity index (χ0v) is 12.3. The van der Waals surface area contributed by atoms with Crippen LogP contribution < -0.4 is 0 Å². The molecule has 1 heterocycles. The molecule has 9 nitrogen and oxygen atoms in total. The predicted molar refractivity (Wildman–Crippen MR) is 66.9 cm³/mol. The van der Waals surface area contributed by atoms with E-state index in [0.29, 0.717) is 0 Å². The average molecular weight is 310 g/mol. The predicted octanol–water partition coefficient (Wildman–Crippen LogP) is -1.66. The van der Waals surface area contributed by atoms with Crippen molar-refractivity contribution >= 4 is 5.97 Å². The lowest BCUT2D eigenvalue weighted by Crippen LogP contribution is -2.54. The van der Waals surface area contributed by atoms with E-state index in [1.807, 2.05) is 0 Å². The summed E-state index contributed by atoms with van der Waals surface area (Å²) in [5, 5.41) is 29.7. The minimum atomic E-state index is -2.13. The molecule has 9 heteroatoms. The quantitative estimate of drug-likeness (QED) is 0.274. The fourth-order valence-electron chi connectivity index (χ4n) is 2.29. The largest absolute Gasteiger partial charge is 0.467 e. The highest BCUT2D eigenvalue weighted by atomic mass is 17.2. The molecule has 0 aromatic carbocycles. The summed E-state index contributed by atoms with van der Waals surface area (Å²) in [4.78, 5) is 21.0. The lowest BCUT2D eigenvalue weighted by atomic mass is 9.91. The molecule has 4 atom stereocenters. The molecule has 1 rings (SSSR count). The maximum absolute atomic E-state index is 12.0. The Balaban J connectivity index is 3.06. The monoisotopic (exact) mass is 310 g/mol. The van der Waals surface area contributed by atoms with Crippen LogP contribution in [0.3, 0.4) is 0 Å². The summed E-state index contributed by atoms with van der Waals surface area (Å²) in [6, 6.07) is 0. The Bertz CT molecular complexity index is 350. The van der Waals surface area contributed by atoms with Crippen molar-refractivity contribution in [3.05, 3.63) is 0 Å². The Morgan fingerprint density at radius 1 is 1.48 bits per heavy atom. The first kappa shape index (κ1) is 18.2. The number of aliphatic hydroxyl groups excluding tert-OH is 2. The summed E-state index contributed by atoms with van der Waals surface area (Å²) in [5.41, 5.74) is -1.93. The summed E-state index contributed by atoms with van der Waals surface area (Å²) in [5.74, 6) is -3.04. The topological polar surface area (TPSA) is 124 Å². The first-order valence-electron chi connectivity index (χ1n) is 6.47. The SMILES string of the molecule is CCO[C@@H]1CC(C(=O)OC)(C(O)COOC)OC1(O)CO. The van der Waals surface area contributed by atoms with Crippen molar-refractivity contribution in [1.29, 1.82) is 0 Å². The average Bonchev–Trinajstić information content (AvgIpc) is 2.79. The van der Waals surface area contributed by atoms with Gasteiger partial charge in [0.1, 0.15) is 18.8 Å². The number of carbonyl (C=O) groups excluding carboxylic acids is 1. The highest BCUT2D eigenvalue weighted by Crippen LogP contribution is 2.41. The Morgan fingerprint density at radius 3 is 2.62 bits per heavy atom. The van der Waals surface area contributed by atoms with E-state index in [1.165, 1.54) is 7.11 Å². The van der Waals surface area contributed by atoms with Gasteiger partial charge in [-0.2, -0.15) is 0 Å². The first-order chi connectivity index (χ1) is 9.90. The van der Waals surface area contributed by atoms with Crippen molar-refractivity contribution in [3.63, 3.8) is 0 Å². The van der Waals surface area contributed by atoms with Crippen LogP contribution in [0, 0.1) is 0 Å². The van der Waals surface area contributed by atoms with Gasteiger partial charge in [-0.25, -0.2) is 14.6 Å². The Kier molecular flexibility index (Phi) is 6.47. The molecule has 1 aliphatic heterocycles. The summed E-state index contributed by atoms with van der Waals surface area (Å²) >= 11 is 0. The van der Waals surface area contributed by atoms with Gasteiger partial charge < -0.3 is 29.5 Å². The lowest BCUT2D eigenvalue weighted by molar-refractivity contribution is -0.313. The van der Waals surface area contributed by atoms with Gasteiger partial charge in [-0.1, -0.05) is 0 Å². The molecule has 0 spiro atoms. The number of hydrogen-bond acceptors (Lipinski definition) is 9. The second-order valence-corrected chi connectivity index (χ2v) is 4.60. The third kappa shape index (κ3) is 3.51. The van der Waals surface area contributed by atoms with E-state index in [9.17, 15) is 20.1 Å². The molecule has 1 aliphatic rings. The van der Waals surface area contributed by atoms with Gasteiger partial charge >= 0.3 is 5.97 Å². The summed E-state index contributed by atoms with van der Waals surface area (Å²) in [6.45, 7) is 0.693. The number of esters is 1. The van der Waals surface area contributed by atoms with Gasteiger partial charge in [-0.05, 0) is 6.92 Å². The van der Waals surface area contributed by atoms with Gasteiger partial charge in [0.25, 0.3) is 0 Å². The van der Waals surface area contributed by atoms with Gasteiger partial charge in [-0.15, -0.1) is 0 Å². The fourth-order valence-corrected chi connectivity index (χ4v) is 2.29. The second kappa shape index (κ2) is 7.45. The van der Waals surface area contributed by atoms with Crippen LogP contribution in [-0.4, -0.2) is 78.9 Å². The molecule has 21 heavy (non-hydrogen) atoms. The molecule has 0 aromatic heterocycles. The smallest absolute Gasteiger partial charge is 0.341 e. The molecule has 0 amide bonds. The van der Waals surface area contributed by atoms with Gasteiger partial charge in [-0.3, -0.25) is 0 Å². The Morgan fingerprint density at radius 2 is 2.14 bits per heavy atom. The van der Waals surface area contributed by atoms with Crippen molar-refractivity contribution in [1.82, 2.24) is 0 Å². The van der Waals surface area contributed by atoms with Crippen LogP contribution in [0.15, 0.2) is 0 Å². The molecule has 0 radical (unpaired) electrons. The van der Waals surface area contributed by atoms with Gasteiger partial charge in [0.2, 0.25) is 5.79 Å². The van der Waals surface area contributed by atoms with Crippen LogP contribution in [0.25, 0.3) is 0 Å². The molecular weight excluding hydrogens is 288 g/mol. The van der Waals surface area contributed by atoms with Crippen molar-refractivity contribution in [2.75, 3.05) is 34.0 Å². The number of hydrogen-bond donors (Lipinski definition) is 3. The van der Waals surface area contributed by atoms with Crippen LogP contribution in [-0.2, 0) is 28.8 Å². The molecule has 0 aromatic rings. The summed E-state index contributed by atoms with van der Waals surface area (Å²) in [6.07, 6.45) is -2.71. The van der Waals surface area contributed by atoms with Crippen LogP contribution in [0.5, 0.6) is 0 Å². The molecule has 1 fully saturated rings. The van der Waals surface area contributed by atoms with Crippen molar-refractivity contribution < 1.29 is 44.1 Å². The first-order valence-corrected chi connectivity index (χ1v) is 6.47. The molecular formula is C12H22O9. The maximum atomic E-state index is 12.0. The van der Waals surface area contributed by atoms with Crippen molar-refractivity contribution in [2.45, 2.75) is 36.9 Å². The number of methoxy groups -OCH3 is 1. The van der Waals surface area contributed by atoms with E-state index in [2.05, 4.69) is 14.5 Å². The van der Waals surface area contributed by atoms with Crippen molar-refractivity contribution in [2.24, 2.45) is 0 Å². The van der Waals surface area contributed by atoms with E-state index < -0.39 is 42.8 Å². The van der Waals surface area contributed by atoms with E-state index >= 15 is 0 Å². The van der Waals surface area contributed by atoms with E-state index in [4.69, 9.17) is 9.47 Å². The fraction of sp³-hybridized carbons (Fsp3) is 0.917. The Labute approximate surface area is 122 Å². The molecule has 3 N–H and O–H groups in total. The molecule has 1 saturated heterocycles. The van der Waals surface area contributed by atoms with Crippen LogP contribution in [0.1, 0.15) is 13.3 Å². The second-order valence-electron chi connectivity index (χ2n) is 4.60. The highest BCUT2D eigenvalue weighted by Gasteiger charge is 2.63. The molecule has 0 bridgehead atoms. The molecule has 0 aliphatic carbocycles. The van der Waals surface area contributed by atoms with Crippen LogP contribution in [0.2, 0.25) is 0 Å². The zero-order valence-electron chi connectivity index (χ0n) is 12.3. The van der Waals surface area contributed by atoms with Gasteiger partial charge in [0.05, 0.1) is 20.8 Å². The standard InChI is InChI=1S/C12H22O9/c1-4-19-9-5-11(10(15)17-2,8(14)6-20-18-3)21-12(9,16)7-13/h8-9,13-14,16H,4-7H2,1-3H3/t8?,9-,11?,12?/m1/s1. The summed E-state index contributed by atoms with van der Waals surface area (Å²) < 4.78 is 15.2. The maximum Gasteiger partial charge on any atom is 0.341 e. The minimum absolute atomic E-state index is 0.210. The highest BCUT2D eigenvalue weighted by molar-refractivity contribution is 5.81. The van der Waals surface area contributed by atoms with E-state index in [1.54, 1.807) is 6.92 Å². The summed E-state index contributed by atoms with van der Waals surface area (Å²) in [7, 11) is 2.35. The Hall–Kier alpha value is -0.810. The third-order valence-electron chi connectivity index (χ3n) is 3.36. The molecule has 0 saturated carbocycles. The van der Waals surface area contributed by atoms with E-state index in [0.717, 1.165) is 7.11 Å². The normalized spacial score (nSPS) is 33.9. The number of ether oxygens (including phenoxy) is 3. The van der Waals surface area contributed by atoms with Crippen LogP contribution in [0.4, 0.5) is 0 Å². The van der Waals surface area contributed by atoms with E-state index in [-0.39, 0.29) is 13.0 Å². The number of rotatable bonds is 8. The molecule has 124 valence electrons. The number of aliphatic hydroxyl groups is 3. The van der Waals surface area contributed by atoms with Gasteiger partial charge in [0.15, 0.2) is 5.60 Å². The van der Waals surface area contributed by atoms with Crippen molar-refractivity contribution in [3.8, 4) is 0 Å². The third-order valence-corrected chi connectivity index (χ3v) is 3.36. The lowest BCUT2D eigenvalue weighted by Gasteiger charge is -2.32. The van der Waals surface area contributed by atoms with Crippen LogP contribution >= 0.6 is 0 Å². The minimum Gasteiger partial charge on any atom is -0.467 e. The zero-order chi connectivity index (χ0) is 16.1. The number of carbonyl (C=O) groups is 1.